The first-order chi connectivity index (χ1) is 8.40. The molecule has 0 saturated heterocycles. The van der Waals surface area contributed by atoms with E-state index in [9.17, 15) is 9.59 Å². The molecule has 5 heteroatoms. The molecule has 19 heavy (non-hydrogen) atoms. The Morgan fingerprint density at radius 1 is 1.21 bits per heavy atom. The highest BCUT2D eigenvalue weighted by atomic mass is 16.6. The van der Waals surface area contributed by atoms with Crippen molar-refractivity contribution in [3.8, 4) is 0 Å². The zero-order chi connectivity index (χ0) is 15.1. The summed E-state index contributed by atoms with van der Waals surface area (Å²) in [6.45, 7) is 13.1. The first kappa shape index (κ1) is 15.8. The summed E-state index contributed by atoms with van der Waals surface area (Å²) in [4.78, 5) is 24.2. The van der Waals surface area contributed by atoms with E-state index in [1.807, 2.05) is 27.7 Å². The minimum atomic E-state index is -0.848. The number of alkyl carbamates (subject to hydrolysis) is 1. The van der Waals surface area contributed by atoms with Crippen LogP contribution in [-0.4, -0.2) is 29.2 Å². The van der Waals surface area contributed by atoms with Crippen LogP contribution in [-0.2, 0) is 9.53 Å². The molecule has 0 spiro atoms. The Morgan fingerprint density at radius 3 is 2.00 bits per heavy atom. The highest BCUT2D eigenvalue weighted by molar-refractivity contribution is 5.94. The molecule has 0 radical (unpaired) electrons. The van der Waals surface area contributed by atoms with Gasteiger partial charge in [0, 0.05) is 6.04 Å². The van der Waals surface area contributed by atoms with Gasteiger partial charge in [-0.05, 0) is 46.5 Å². The van der Waals surface area contributed by atoms with Gasteiger partial charge in [0.15, 0.2) is 0 Å². The Balaban J connectivity index is 2.75. The van der Waals surface area contributed by atoms with Gasteiger partial charge < -0.3 is 15.4 Å². The van der Waals surface area contributed by atoms with E-state index in [2.05, 4.69) is 10.6 Å². The number of ether oxygens (including phenoxy) is 1. The van der Waals surface area contributed by atoms with Gasteiger partial charge in [0.1, 0.15) is 11.1 Å². The Bertz CT molecular complexity index is 383. The lowest BCUT2D eigenvalue weighted by molar-refractivity contribution is -0.125. The fourth-order valence-corrected chi connectivity index (χ4v) is 2.14. The Kier molecular flexibility index (Phi) is 3.90. The molecule has 0 bridgehead atoms. The van der Waals surface area contributed by atoms with Crippen LogP contribution in [0.4, 0.5) is 4.79 Å². The molecule has 1 aliphatic rings. The van der Waals surface area contributed by atoms with E-state index in [1.54, 1.807) is 20.8 Å². The number of hydrogen-bond acceptors (Lipinski definition) is 3. The number of rotatable bonds is 3. The second-order valence-corrected chi connectivity index (χ2v) is 7.22. The highest BCUT2D eigenvalue weighted by Crippen LogP contribution is 2.55. The zero-order valence-electron chi connectivity index (χ0n) is 13.0. The molecule has 110 valence electrons. The molecule has 1 unspecified atom stereocenters. The van der Waals surface area contributed by atoms with E-state index >= 15 is 0 Å². The van der Waals surface area contributed by atoms with E-state index < -0.39 is 17.2 Å². The summed E-state index contributed by atoms with van der Waals surface area (Å²) in [5.74, 6) is -0.140. The average Bonchev–Trinajstić information content (AvgIpc) is 2.63. The van der Waals surface area contributed by atoms with Crippen molar-refractivity contribution in [1.29, 1.82) is 0 Å². The van der Waals surface area contributed by atoms with Crippen molar-refractivity contribution < 1.29 is 14.3 Å². The van der Waals surface area contributed by atoms with Gasteiger partial charge in [0.05, 0.1) is 0 Å². The molecule has 2 amide bonds. The van der Waals surface area contributed by atoms with Crippen LogP contribution in [0.15, 0.2) is 0 Å². The molecule has 0 aromatic rings. The fraction of sp³-hybridized carbons (Fsp3) is 0.857. The monoisotopic (exact) mass is 270 g/mol. The SMILES string of the molecule is CC(C)NC(=O)C1(NC(=O)OC(C)(C)C)CC1(C)C. The van der Waals surface area contributed by atoms with Crippen LogP contribution in [0.25, 0.3) is 0 Å². The first-order valence-corrected chi connectivity index (χ1v) is 6.72. The lowest BCUT2D eigenvalue weighted by Crippen LogP contribution is -2.54. The first-order valence-electron chi connectivity index (χ1n) is 6.72. The molecular weight excluding hydrogens is 244 g/mol. The van der Waals surface area contributed by atoms with Gasteiger partial charge in [-0.2, -0.15) is 0 Å². The average molecular weight is 270 g/mol. The van der Waals surface area contributed by atoms with Crippen molar-refractivity contribution in [1.82, 2.24) is 10.6 Å². The number of amides is 2. The van der Waals surface area contributed by atoms with E-state index in [-0.39, 0.29) is 17.4 Å². The van der Waals surface area contributed by atoms with Gasteiger partial charge in [-0.1, -0.05) is 13.8 Å². The van der Waals surface area contributed by atoms with E-state index in [4.69, 9.17) is 4.74 Å². The minimum Gasteiger partial charge on any atom is -0.444 e. The highest BCUT2D eigenvalue weighted by Gasteiger charge is 2.67. The lowest BCUT2D eigenvalue weighted by Gasteiger charge is -2.26. The van der Waals surface area contributed by atoms with E-state index in [0.717, 1.165) is 0 Å². The second-order valence-electron chi connectivity index (χ2n) is 7.22. The van der Waals surface area contributed by atoms with Crippen molar-refractivity contribution in [3.05, 3.63) is 0 Å². The predicted molar refractivity (Wildman–Crippen MR) is 73.8 cm³/mol. The third-order valence-electron chi connectivity index (χ3n) is 3.26. The summed E-state index contributed by atoms with van der Waals surface area (Å²) in [5, 5.41) is 5.61. The molecule has 2 N–H and O–H groups in total. The topological polar surface area (TPSA) is 67.4 Å². The van der Waals surface area contributed by atoms with Gasteiger partial charge in [0.25, 0.3) is 0 Å². The third kappa shape index (κ3) is 3.61. The zero-order valence-corrected chi connectivity index (χ0v) is 13.0. The van der Waals surface area contributed by atoms with Crippen LogP contribution in [0.1, 0.15) is 54.9 Å². The molecule has 5 nitrogen and oxygen atoms in total. The molecule has 0 aromatic carbocycles. The van der Waals surface area contributed by atoms with Gasteiger partial charge in [0.2, 0.25) is 5.91 Å². The molecule has 1 saturated carbocycles. The van der Waals surface area contributed by atoms with Crippen LogP contribution in [0.5, 0.6) is 0 Å². The fourth-order valence-electron chi connectivity index (χ4n) is 2.14. The molecule has 1 atom stereocenters. The van der Waals surface area contributed by atoms with Crippen LogP contribution in [0.2, 0.25) is 0 Å². The van der Waals surface area contributed by atoms with Crippen molar-refractivity contribution in [3.63, 3.8) is 0 Å². The molecule has 0 aliphatic heterocycles. The summed E-state index contributed by atoms with van der Waals surface area (Å²) in [6, 6.07) is 0.0428. The second kappa shape index (κ2) is 4.69. The van der Waals surface area contributed by atoms with Crippen LogP contribution in [0, 0.1) is 5.41 Å². The summed E-state index contributed by atoms with van der Waals surface area (Å²) in [7, 11) is 0. The third-order valence-corrected chi connectivity index (χ3v) is 3.26. The Hall–Kier alpha value is -1.26. The van der Waals surface area contributed by atoms with Gasteiger partial charge in [-0.15, -0.1) is 0 Å². The van der Waals surface area contributed by atoms with Gasteiger partial charge in [-0.25, -0.2) is 4.79 Å². The van der Waals surface area contributed by atoms with E-state index in [1.165, 1.54) is 0 Å². The lowest BCUT2D eigenvalue weighted by atomic mass is 10.0. The maximum absolute atomic E-state index is 12.3. The number of carbonyl (C=O) groups is 2. The van der Waals surface area contributed by atoms with Gasteiger partial charge in [-0.3, -0.25) is 4.79 Å². The van der Waals surface area contributed by atoms with Crippen molar-refractivity contribution >= 4 is 12.0 Å². The number of hydrogen-bond donors (Lipinski definition) is 2. The number of carbonyl (C=O) groups excluding carboxylic acids is 2. The molecule has 0 heterocycles. The van der Waals surface area contributed by atoms with Crippen LogP contribution in [0.3, 0.4) is 0 Å². The summed E-state index contributed by atoms with van der Waals surface area (Å²) < 4.78 is 5.23. The standard InChI is InChI=1S/C14H26N2O3/c1-9(2)15-10(17)14(8-13(14,6)7)16-11(18)19-12(3,4)5/h9H,8H2,1-7H3,(H,15,17)(H,16,18). The summed E-state index contributed by atoms with van der Waals surface area (Å²) >= 11 is 0. The molecule has 1 fully saturated rings. The van der Waals surface area contributed by atoms with Crippen LogP contribution >= 0.6 is 0 Å². The number of nitrogens with one attached hydrogen (secondary N) is 2. The maximum atomic E-state index is 12.3. The Labute approximate surface area is 115 Å². The Morgan fingerprint density at radius 2 is 1.68 bits per heavy atom. The largest absolute Gasteiger partial charge is 0.444 e. The van der Waals surface area contributed by atoms with Crippen molar-refractivity contribution in [2.75, 3.05) is 0 Å². The van der Waals surface area contributed by atoms with Crippen LogP contribution < -0.4 is 10.6 Å². The normalized spacial score (nSPS) is 24.8. The van der Waals surface area contributed by atoms with Crippen molar-refractivity contribution in [2.45, 2.75) is 72.1 Å². The van der Waals surface area contributed by atoms with Gasteiger partial charge >= 0.3 is 6.09 Å². The summed E-state index contributed by atoms with van der Waals surface area (Å²) in [5.41, 5.74) is -1.67. The molecular formula is C14H26N2O3. The smallest absolute Gasteiger partial charge is 0.408 e. The van der Waals surface area contributed by atoms with E-state index in [0.29, 0.717) is 6.42 Å². The minimum absolute atomic E-state index is 0.0428. The predicted octanol–water partition coefficient (Wildman–Crippen LogP) is 2.20. The molecule has 1 rings (SSSR count). The molecule has 0 aromatic heterocycles. The molecule has 1 aliphatic carbocycles. The summed E-state index contributed by atoms with van der Waals surface area (Å²) in [6.07, 6.45) is 0.0784. The van der Waals surface area contributed by atoms with Crippen molar-refractivity contribution in [2.24, 2.45) is 5.41 Å². The quantitative estimate of drug-likeness (QED) is 0.826. The maximum Gasteiger partial charge on any atom is 0.408 e.